The summed E-state index contributed by atoms with van der Waals surface area (Å²) in [6.07, 6.45) is 5.47. The molecule has 2 aliphatic rings. The molecule has 1 aliphatic heterocycles. The van der Waals surface area contributed by atoms with Crippen LogP contribution in [-0.2, 0) is 18.3 Å². The highest BCUT2D eigenvalue weighted by Crippen LogP contribution is 2.39. The number of nitrogens with zero attached hydrogens (tertiary/aromatic N) is 8. The highest BCUT2D eigenvalue weighted by atomic mass is 19.4. The van der Waals surface area contributed by atoms with Gasteiger partial charge in [-0.05, 0) is 31.7 Å². The van der Waals surface area contributed by atoms with Crippen molar-refractivity contribution in [2.24, 2.45) is 5.73 Å². The van der Waals surface area contributed by atoms with Gasteiger partial charge in [-0.1, -0.05) is 0 Å². The van der Waals surface area contributed by atoms with E-state index in [0.717, 1.165) is 35.1 Å². The van der Waals surface area contributed by atoms with Gasteiger partial charge in [0.25, 0.3) is 0 Å². The monoisotopic (exact) mass is 552 g/mol. The van der Waals surface area contributed by atoms with Gasteiger partial charge in [0.1, 0.15) is 23.6 Å². The minimum Gasteiger partial charge on any atom is -0.474 e. The van der Waals surface area contributed by atoms with Crippen LogP contribution in [0.4, 0.5) is 13.2 Å². The number of aromatic nitrogens is 7. The maximum Gasteiger partial charge on any atom is 0.451 e. The molecule has 11 nitrogen and oxygen atoms in total. The molecule has 1 saturated carbocycles. The number of nitriles is 1. The van der Waals surface area contributed by atoms with Crippen molar-refractivity contribution < 1.29 is 17.9 Å². The van der Waals surface area contributed by atoms with Gasteiger partial charge in [-0.3, -0.25) is 9.58 Å². The van der Waals surface area contributed by atoms with Crippen LogP contribution in [0.5, 0.6) is 5.88 Å². The lowest BCUT2D eigenvalue weighted by atomic mass is 9.82. The van der Waals surface area contributed by atoms with Crippen LogP contribution in [0.2, 0.25) is 0 Å². The van der Waals surface area contributed by atoms with Gasteiger partial charge in [-0.15, -0.1) is 0 Å². The summed E-state index contributed by atoms with van der Waals surface area (Å²) in [5.74, 6) is -1.34. The van der Waals surface area contributed by atoms with Gasteiger partial charge in [0.2, 0.25) is 11.7 Å². The first kappa shape index (κ1) is 26.1. The highest BCUT2D eigenvalue weighted by Gasteiger charge is 2.48. The zero-order chi connectivity index (χ0) is 27.9. The molecule has 14 heteroatoms. The summed E-state index contributed by atoms with van der Waals surface area (Å²) in [6, 6.07) is 5.91. The van der Waals surface area contributed by atoms with E-state index in [4.69, 9.17) is 10.5 Å². The smallest absolute Gasteiger partial charge is 0.451 e. The predicted molar refractivity (Wildman–Crippen MR) is 136 cm³/mol. The first-order valence-corrected chi connectivity index (χ1v) is 13.0. The fraction of sp³-hybridized carbons (Fsp3) is 0.462. The van der Waals surface area contributed by atoms with Crippen molar-refractivity contribution in [3.63, 3.8) is 0 Å². The quantitative estimate of drug-likeness (QED) is 0.352. The number of aromatic amines is 1. The number of nitrogens with one attached hydrogen (secondary N) is 1. The van der Waals surface area contributed by atoms with Gasteiger partial charge >= 0.3 is 6.18 Å². The third-order valence-corrected chi connectivity index (χ3v) is 7.76. The molecule has 1 saturated heterocycles. The zero-order valence-corrected chi connectivity index (χ0v) is 21.5. The summed E-state index contributed by atoms with van der Waals surface area (Å²) in [5, 5.41) is 15.1. The van der Waals surface area contributed by atoms with Crippen molar-refractivity contribution in [2.45, 2.75) is 62.5 Å². The van der Waals surface area contributed by atoms with Crippen LogP contribution < -0.4 is 10.5 Å². The number of fused-ring (bicyclic) bond motifs is 1. The first-order valence-electron chi connectivity index (χ1n) is 13.0. The number of alkyl halides is 3. The van der Waals surface area contributed by atoms with E-state index in [-0.39, 0.29) is 24.2 Å². The second-order valence-electron chi connectivity index (χ2n) is 10.4. The number of rotatable bonds is 7. The van der Waals surface area contributed by atoms with Crippen molar-refractivity contribution in [1.82, 2.24) is 39.6 Å². The molecule has 0 amide bonds. The normalized spacial score (nSPS) is 21.2. The lowest BCUT2D eigenvalue weighted by Crippen LogP contribution is -2.65. The minimum atomic E-state index is -4.67. The summed E-state index contributed by atoms with van der Waals surface area (Å²) in [7, 11) is 0. The largest absolute Gasteiger partial charge is 0.474 e. The molecule has 0 radical (unpaired) electrons. The van der Waals surface area contributed by atoms with E-state index < -0.39 is 17.5 Å². The number of ether oxygens (including phenoxy) is 1. The molecule has 0 atom stereocenters. The molecule has 2 fully saturated rings. The number of hydrogen-bond acceptors (Lipinski definition) is 9. The van der Waals surface area contributed by atoms with Crippen LogP contribution in [-0.4, -0.2) is 64.8 Å². The Labute approximate surface area is 227 Å². The molecule has 6 rings (SSSR count). The molecule has 5 heterocycles. The lowest BCUT2D eigenvalue weighted by Gasteiger charge is -2.53. The molecule has 208 valence electrons. The van der Waals surface area contributed by atoms with Gasteiger partial charge in [-0.2, -0.15) is 28.5 Å². The minimum absolute atomic E-state index is 0.0828. The van der Waals surface area contributed by atoms with E-state index in [2.05, 4.69) is 41.0 Å². The zero-order valence-electron chi connectivity index (χ0n) is 21.5. The first-order chi connectivity index (χ1) is 19.3. The molecular weight excluding hydrogens is 525 g/mol. The number of hydrogen-bond donors (Lipinski definition) is 2. The molecule has 40 heavy (non-hydrogen) atoms. The second-order valence-corrected chi connectivity index (χ2v) is 10.4. The van der Waals surface area contributed by atoms with Crippen molar-refractivity contribution >= 4 is 11.0 Å². The van der Waals surface area contributed by atoms with Gasteiger partial charge in [0, 0.05) is 55.1 Å². The van der Waals surface area contributed by atoms with E-state index in [1.54, 1.807) is 6.20 Å². The van der Waals surface area contributed by atoms with Gasteiger partial charge in [-0.25, -0.2) is 15.0 Å². The van der Waals surface area contributed by atoms with Crippen LogP contribution in [0, 0.1) is 11.3 Å². The van der Waals surface area contributed by atoms with Crippen LogP contribution in [0.3, 0.4) is 0 Å². The third kappa shape index (κ3) is 4.86. The number of likely N-dealkylation sites (tertiary alicyclic amines) is 1. The summed E-state index contributed by atoms with van der Waals surface area (Å²) in [4.78, 5) is 21.2. The average Bonchev–Trinajstić information content (AvgIpc) is 3.61. The van der Waals surface area contributed by atoms with E-state index in [0.29, 0.717) is 38.4 Å². The summed E-state index contributed by atoms with van der Waals surface area (Å²) in [5.41, 5.74) is 7.56. The van der Waals surface area contributed by atoms with Crippen LogP contribution in [0.15, 0.2) is 37.1 Å². The molecule has 4 aromatic heterocycles. The fourth-order valence-corrected chi connectivity index (χ4v) is 5.72. The van der Waals surface area contributed by atoms with Crippen LogP contribution in [0.25, 0.3) is 22.3 Å². The topological polar surface area (TPSA) is 147 Å². The Morgan fingerprint density at radius 3 is 2.70 bits per heavy atom. The Morgan fingerprint density at radius 1 is 1.18 bits per heavy atom. The lowest BCUT2D eigenvalue weighted by molar-refractivity contribution is -0.145. The van der Waals surface area contributed by atoms with Crippen molar-refractivity contribution in [3.05, 3.63) is 48.6 Å². The molecular formula is C26H27F3N10O. The van der Waals surface area contributed by atoms with Crippen LogP contribution >= 0.6 is 0 Å². The Kier molecular flexibility index (Phi) is 6.63. The third-order valence-electron chi connectivity index (χ3n) is 7.76. The molecule has 4 aromatic rings. The fourth-order valence-electron chi connectivity index (χ4n) is 5.72. The molecule has 0 spiro atoms. The van der Waals surface area contributed by atoms with Gasteiger partial charge < -0.3 is 15.5 Å². The summed E-state index contributed by atoms with van der Waals surface area (Å²) < 4.78 is 47.2. The van der Waals surface area contributed by atoms with Crippen molar-refractivity contribution in [3.8, 4) is 23.2 Å². The number of halogens is 3. The highest BCUT2D eigenvalue weighted by molar-refractivity contribution is 5.89. The maximum absolute atomic E-state index is 13.2. The van der Waals surface area contributed by atoms with E-state index in [9.17, 15) is 18.4 Å². The Bertz CT molecular complexity index is 1540. The Morgan fingerprint density at radius 2 is 1.98 bits per heavy atom. The average molecular weight is 553 g/mol. The number of nitrogens with two attached hydrogens (primary N) is 1. The second kappa shape index (κ2) is 10.1. The van der Waals surface area contributed by atoms with Crippen LogP contribution in [0.1, 0.15) is 43.6 Å². The molecule has 0 unspecified atom stereocenters. The number of H-pyrrole nitrogens is 1. The SMILES string of the molecule is N#CCC1(n2cc(-c3ncnc4[nH]ccc34)cn2)CN(C2CCC(Oc3cc(CN)nc(C(F)(F)F)n3)CC2)C1. The van der Waals surface area contributed by atoms with Crippen molar-refractivity contribution in [2.75, 3.05) is 13.1 Å². The molecule has 0 bridgehead atoms. The molecule has 0 aromatic carbocycles. The van der Waals surface area contributed by atoms with Gasteiger partial charge in [0.05, 0.1) is 30.1 Å². The Balaban J connectivity index is 1.09. The van der Waals surface area contributed by atoms with E-state index in [1.807, 2.05) is 23.1 Å². The maximum atomic E-state index is 13.2. The summed E-state index contributed by atoms with van der Waals surface area (Å²) in [6.45, 7) is 1.23. The van der Waals surface area contributed by atoms with Gasteiger partial charge in [0.15, 0.2) is 0 Å². The van der Waals surface area contributed by atoms with Crippen molar-refractivity contribution in [1.29, 1.82) is 5.26 Å². The molecule has 1 aliphatic carbocycles. The Hall–Kier alpha value is -4.09. The standard InChI is InChI=1S/C26H27F3N10O/c27-26(28,29)24-36-17(10-31)9-21(37-24)40-19-3-1-18(2-4-19)38-13-25(14-38,6-7-30)39-12-16(11-35-39)22-20-5-8-32-23(20)34-15-33-22/h5,8-9,11-12,15,18-19H,1-4,6,10,13-14,31H2,(H,32,33,34). The van der Waals surface area contributed by atoms with E-state index >= 15 is 0 Å². The predicted octanol–water partition coefficient (Wildman–Crippen LogP) is 3.40. The van der Waals surface area contributed by atoms with E-state index in [1.165, 1.54) is 12.4 Å². The summed E-state index contributed by atoms with van der Waals surface area (Å²) >= 11 is 0. The molecule has 3 N–H and O–H groups in total.